The number of rotatable bonds is 2. The van der Waals surface area contributed by atoms with Crippen molar-refractivity contribution in [2.75, 3.05) is 13.1 Å². The van der Waals surface area contributed by atoms with E-state index in [1.54, 1.807) is 0 Å². The number of piperazine rings is 1. The van der Waals surface area contributed by atoms with E-state index in [-0.39, 0.29) is 18.2 Å². The van der Waals surface area contributed by atoms with Gasteiger partial charge in [-0.3, -0.25) is 9.88 Å². The zero-order valence-corrected chi connectivity index (χ0v) is 14.2. The Balaban J connectivity index is 1.98. The van der Waals surface area contributed by atoms with E-state index in [1.807, 2.05) is 50.1 Å². The molecule has 1 aliphatic rings. The number of nitrogens with zero attached hydrogens (tertiary/aromatic N) is 3. The highest BCUT2D eigenvalue weighted by Gasteiger charge is 2.33. The third-order valence-electron chi connectivity index (χ3n) is 3.82. The maximum atomic E-state index is 12.2. The minimum absolute atomic E-state index is 0.219. The van der Waals surface area contributed by atoms with Gasteiger partial charge in [0.2, 0.25) is 0 Å². The fourth-order valence-corrected chi connectivity index (χ4v) is 2.82. The number of aromatic nitrogens is 1. The van der Waals surface area contributed by atoms with E-state index in [0.717, 1.165) is 12.2 Å². The van der Waals surface area contributed by atoms with Gasteiger partial charge >= 0.3 is 6.09 Å². The Morgan fingerprint density at radius 1 is 1.27 bits per heavy atom. The van der Waals surface area contributed by atoms with Gasteiger partial charge in [-0.25, -0.2) is 4.79 Å². The van der Waals surface area contributed by atoms with E-state index in [1.165, 1.54) is 0 Å². The Bertz CT molecular complexity index is 486. The first-order chi connectivity index (χ1) is 10.3. The predicted octanol–water partition coefficient (Wildman–Crippen LogP) is 2.91. The molecule has 22 heavy (non-hydrogen) atoms. The molecule has 0 aromatic carbocycles. The first kappa shape index (κ1) is 16.7. The molecular weight excluding hydrogens is 278 g/mol. The summed E-state index contributed by atoms with van der Waals surface area (Å²) >= 11 is 0. The average Bonchev–Trinajstić information content (AvgIpc) is 2.42. The van der Waals surface area contributed by atoms with Gasteiger partial charge in [-0.1, -0.05) is 6.07 Å². The maximum absolute atomic E-state index is 12.2. The third-order valence-corrected chi connectivity index (χ3v) is 3.82. The van der Waals surface area contributed by atoms with Gasteiger partial charge in [0.1, 0.15) is 5.60 Å². The fourth-order valence-electron chi connectivity index (χ4n) is 2.82. The van der Waals surface area contributed by atoms with Crippen LogP contribution < -0.4 is 0 Å². The Labute approximate surface area is 133 Å². The predicted molar refractivity (Wildman–Crippen MR) is 86.5 cm³/mol. The van der Waals surface area contributed by atoms with E-state index in [0.29, 0.717) is 13.1 Å². The van der Waals surface area contributed by atoms with Crippen molar-refractivity contribution >= 4 is 6.09 Å². The van der Waals surface area contributed by atoms with Gasteiger partial charge < -0.3 is 9.64 Å². The standard InChI is InChI=1S/C17H27N3O2/c1-13-10-19(16(21)22-17(3,4)5)11-14(2)20(13)12-15-8-6-7-9-18-15/h6-9,13-14H,10-12H2,1-5H3. The minimum atomic E-state index is -0.450. The summed E-state index contributed by atoms with van der Waals surface area (Å²) in [5.41, 5.74) is 0.612. The van der Waals surface area contributed by atoms with Crippen molar-refractivity contribution in [1.29, 1.82) is 0 Å². The SMILES string of the molecule is CC1CN(C(=O)OC(C)(C)C)CC(C)N1Cc1ccccn1. The molecule has 0 radical (unpaired) electrons. The first-order valence-electron chi connectivity index (χ1n) is 7.90. The number of pyridine rings is 1. The molecule has 0 bridgehead atoms. The van der Waals surface area contributed by atoms with Gasteiger partial charge in [-0.15, -0.1) is 0 Å². The Hall–Kier alpha value is -1.62. The molecule has 0 aliphatic carbocycles. The Morgan fingerprint density at radius 3 is 2.41 bits per heavy atom. The number of carbonyl (C=O) groups excluding carboxylic acids is 1. The third kappa shape index (κ3) is 4.44. The summed E-state index contributed by atoms with van der Waals surface area (Å²) in [6.07, 6.45) is 1.60. The lowest BCUT2D eigenvalue weighted by molar-refractivity contribution is -0.00995. The number of ether oxygens (including phenoxy) is 1. The monoisotopic (exact) mass is 305 g/mol. The van der Waals surface area contributed by atoms with Crippen molar-refractivity contribution in [2.24, 2.45) is 0 Å². The summed E-state index contributed by atoms with van der Waals surface area (Å²) in [4.78, 5) is 20.8. The zero-order valence-electron chi connectivity index (χ0n) is 14.2. The number of carbonyl (C=O) groups is 1. The summed E-state index contributed by atoms with van der Waals surface area (Å²) in [6.45, 7) is 12.2. The molecule has 5 heteroatoms. The van der Waals surface area contributed by atoms with Crippen LogP contribution in [0.25, 0.3) is 0 Å². The molecule has 1 aromatic rings. The van der Waals surface area contributed by atoms with Crippen molar-refractivity contribution in [1.82, 2.24) is 14.8 Å². The smallest absolute Gasteiger partial charge is 0.410 e. The molecule has 5 nitrogen and oxygen atoms in total. The molecule has 0 N–H and O–H groups in total. The number of hydrogen-bond donors (Lipinski definition) is 0. The normalized spacial score (nSPS) is 23.4. The molecule has 1 fully saturated rings. The van der Waals surface area contributed by atoms with Crippen LogP contribution in [0.2, 0.25) is 0 Å². The van der Waals surface area contributed by atoms with Gasteiger partial charge in [0, 0.05) is 37.9 Å². The van der Waals surface area contributed by atoms with Gasteiger partial charge in [-0.05, 0) is 46.8 Å². The largest absolute Gasteiger partial charge is 0.444 e. The molecule has 1 amide bonds. The van der Waals surface area contributed by atoms with Crippen molar-refractivity contribution in [2.45, 2.75) is 58.8 Å². The van der Waals surface area contributed by atoms with E-state index < -0.39 is 5.60 Å². The summed E-state index contributed by atoms with van der Waals surface area (Å²) in [7, 11) is 0. The lowest BCUT2D eigenvalue weighted by atomic mass is 10.1. The molecule has 1 aliphatic heterocycles. The summed E-state index contributed by atoms with van der Waals surface area (Å²) in [5, 5.41) is 0. The highest BCUT2D eigenvalue weighted by molar-refractivity contribution is 5.68. The average molecular weight is 305 g/mol. The van der Waals surface area contributed by atoms with Crippen molar-refractivity contribution < 1.29 is 9.53 Å². The van der Waals surface area contributed by atoms with Crippen LogP contribution in [0.5, 0.6) is 0 Å². The molecule has 122 valence electrons. The van der Waals surface area contributed by atoms with Crippen molar-refractivity contribution in [3.8, 4) is 0 Å². The van der Waals surface area contributed by atoms with Gasteiger partial charge in [0.15, 0.2) is 0 Å². The summed E-state index contributed by atoms with van der Waals surface area (Å²) in [6, 6.07) is 6.53. The van der Waals surface area contributed by atoms with Crippen LogP contribution in [-0.4, -0.2) is 51.7 Å². The fraction of sp³-hybridized carbons (Fsp3) is 0.647. The minimum Gasteiger partial charge on any atom is -0.444 e. The molecule has 1 saturated heterocycles. The van der Waals surface area contributed by atoms with E-state index >= 15 is 0 Å². The van der Waals surface area contributed by atoms with Crippen LogP contribution in [-0.2, 0) is 11.3 Å². The van der Waals surface area contributed by atoms with Crippen LogP contribution in [0.3, 0.4) is 0 Å². The van der Waals surface area contributed by atoms with Gasteiger partial charge in [-0.2, -0.15) is 0 Å². The second-order valence-electron chi connectivity index (χ2n) is 7.08. The second kappa shape index (κ2) is 6.65. The van der Waals surface area contributed by atoms with E-state index in [2.05, 4.69) is 23.7 Å². The summed E-state index contributed by atoms with van der Waals surface area (Å²) < 4.78 is 5.48. The van der Waals surface area contributed by atoms with Crippen molar-refractivity contribution in [3.05, 3.63) is 30.1 Å². The zero-order chi connectivity index (χ0) is 16.3. The molecule has 2 atom stereocenters. The highest BCUT2D eigenvalue weighted by Crippen LogP contribution is 2.20. The number of amides is 1. The molecule has 0 spiro atoms. The molecule has 2 heterocycles. The lowest BCUT2D eigenvalue weighted by Gasteiger charge is -2.44. The van der Waals surface area contributed by atoms with Crippen LogP contribution in [0.4, 0.5) is 4.79 Å². The lowest BCUT2D eigenvalue weighted by Crippen LogP contribution is -2.58. The maximum Gasteiger partial charge on any atom is 0.410 e. The topological polar surface area (TPSA) is 45.7 Å². The molecular formula is C17H27N3O2. The molecule has 0 saturated carbocycles. The van der Waals surface area contributed by atoms with Gasteiger partial charge in [0.05, 0.1) is 5.69 Å². The summed E-state index contributed by atoms with van der Waals surface area (Å²) in [5.74, 6) is 0. The van der Waals surface area contributed by atoms with Crippen LogP contribution in [0.15, 0.2) is 24.4 Å². The van der Waals surface area contributed by atoms with Crippen LogP contribution >= 0.6 is 0 Å². The highest BCUT2D eigenvalue weighted by atomic mass is 16.6. The second-order valence-corrected chi connectivity index (χ2v) is 7.08. The molecule has 2 rings (SSSR count). The van der Waals surface area contributed by atoms with Crippen LogP contribution in [0, 0.1) is 0 Å². The molecule has 2 unspecified atom stereocenters. The molecule has 1 aromatic heterocycles. The van der Waals surface area contributed by atoms with E-state index in [9.17, 15) is 4.79 Å². The van der Waals surface area contributed by atoms with Crippen molar-refractivity contribution in [3.63, 3.8) is 0 Å². The Kier molecular flexibility index (Phi) is 5.06. The first-order valence-corrected chi connectivity index (χ1v) is 7.90. The Morgan fingerprint density at radius 2 is 1.91 bits per heavy atom. The van der Waals surface area contributed by atoms with Gasteiger partial charge in [0.25, 0.3) is 0 Å². The number of hydrogen-bond acceptors (Lipinski definition) is 4. The van der Waals surface area contributed by atoms with Crippen LogP contribution in [0.1, 0.15) is 40.3 Å². The quantitative estimate of drug-likeness (QED) is 0.843. The van der Waals surface area contributed by atoms with E-state index in [4.69, 9.17) is 4.74 Å².